The van der Waals surface area contributed by atoms with Gasteiger partial charge >= 0.3 is 5.97 Å². The molecule has 1 saturated carbocycles. The summed E-state index contributed by atoms with van der Waals surface area (Å²) in [4.78, 5) is 23.1. The van der Waals surface area contributed by atoms with E-state index in [0.717, 1.165) is 24.2 Å². The smallest absolute Gasteiger partial charge is 0.340 e. The first-order valence-corrected chi connectivity index (χ1v) is 7.00. The Hall–Kier alpha value is -1.79. The van der Waals surface area contributed by atoms with E-state index in [1.807, 2.05) is 0 Å². The molecule has 0 unspecified atom stereocenters. The highest BCUT2D eigenvalue weighted by molar-refractivity contribution is 7.16. The van der Waals surface area contributed by atoms with E-state index in [1.165, 1.54) is 12.3 Å². The van der Waals surface area contributed by atoms with Crippen LogP contribution in [0.3, 0.4) is 0 Å². The second-order valence-corrected chi connectivity index (χ2v) is 6.09. The predicted molar refractivity (Wildman–Crippen MR) is 74.8 cm³/mol. The second kappa shape index (κ2) is 4.10. The van der Waals surface area contributed by atoms with Gasteiger partial charge in [-0.15, -0.1) is 11.3 Å². The van der Waals surface area contributed by atoms with Gasteiger partial charge in [0.2, 0.25) is 5.43 Å². The molecule has 0 amide bonds. The van der Waals surface area contributed by atoms with Crippen LogP contribution in [0.4, 0.5) is 4.39 Å². The van der Waals surface area contributed by atoms with Crippen molar-refractivity contribution in [1.82, 2.24) is 0 Å². The Kier molecular flexibility index (Phi) is 2.71. The van der Waals surface area contributed by atoms with Crippen LogP contribution in [0.1, 0.15) is 34.3 Å². The standard InChI is InChI=1S/C14H12FNO3S/c1-6-10-9(20-5-7(12(10)17)13(18)19)4-8(11(6)15)14(16)2-3-14/h4-5H,2-3,16H2,1H3,(H,18,19). The van der Waals surface area contributed by atoms with Gasteiger partial charge in [-0.25, -0.2) is 9.18 Å². The van der Waals surface area contributed by atoms with Gasteiger partial charge in [-0.1, -0.05) is 0 Å². The van der Waals surface area contributed by atoms with E-state index in [2.05, 4.69) is 0 Å². The van der Waals surface area contributed by atoms with Crippen LogP contribution in [0.5, 0.6) is 0 Å². The van der Waals surface area contributed by atoms with E-state index in [-0.39, 0.29) is 16.5 Å². The summed E-state index contributed by atoms with van der Waals surface area (Å²) in [6.45, 7) is 1.49. The van der Waals surface area contributed by atoms with Gasteiger partial charge in [0.1, 0.15) is 11.4 Å². The van der Waals surface area contributed by atoms with Crippen LogP contribution in [0.15, 0.2) is 16.2 Å². The monoisotopic (exact) mass is 293 g/mol. The third kappa shape index (κ3) is 1.76. The summed E-state index contributed by atoms with van der Waals surface area (Å²) in [7, 11) is 0. The Morgan fingerprint density at radius 1 is 1.50 bits per heavy atom. The Bertz CT molecular complexity index is 808. The minimum absolute atomic E-state index is 0.139. The van der Waals surface area contributed by atoms with Crippen molar-refractivity contribution in [3.05, 3.63) is 44.2 Å². The topological polar surface area (TPSA) is 80.4 Å². The minimum atomic E-state index is -1.30. The van der Waals surface area contributed by atoms with Crippen molar-refractivity contribution in [3.63, 3.8) is 0 Å². The summed E-state index contributed by atoms with van der Waals surface area (Å²) in [5.74, 6) is -1.79. The van der Waals surface area contributed by atoms with Crippen LogP contribution in [-0.2, 0) is 5.54 Å². The normalized spacial score (nSPS) is 16.4. The number of aryl methyl sites for hydroxylation is 1. The summed E-state index contributed by atoms with van der Waals surface area (Å²) >= 11 is 1.12. The molecule has 0 saturated heterocycles. The Morgan fingerprint density at radius 3 is 2.70 bits per heavy atom. The summed E-state index contributed by atoms with van der Waals surface area (Å²) in [6.07, 6.45) is 1.44. The van der Waals surface area contributed by atoms with Crippen LogP contribution < -0.4 is 11.2 Å². The van der Waals surface area contributed by atoms with Gasteiger partial charge < -0.3 is 10.8 Å². The number of rotatable bonds is 2. The lowest BCUT2D eigenvalue weighted by molar-refractivity contribution is 0.0696. The summed E-state index contributed by atoms with van der Waals surface area (Å²) in [5, 5.41) is 10.4. The van der Waals surface area contributed by atoms with E-state index < -0.39 is 22.8 Å². The van der Waals surface area contributed by atoms with Gasteiger partial charge in [0.15, 0.2) is 0 Å². The number of benzene rings is 1. The molecule has 0 atom stereocenters. The van der Waals surface area contributed by atoms with Crippen molar-refractivity contribution >= 4 is 27.4 Å². The summed E-state index contributed by atoms with van der Waals surface area (Å²) in [5.41, 5.74) is 5.03. The van der Waals surface area contributed by atoms with E-state index in [0.29, 0.717) is 10.3 Å². The molecule has 0 spiro atoms. The first-order chi connectivity index (χ1) is 9.35. The van der Waals surface area contributed by atoms with Crippen molar-refractivity contribution in [2.45, 2.75) is 25.3 Å². The number of halogens is 1. The third-order valence-electron chi connectivity index (χ3n) is 3.79. The fourth-order valence-corrected chi connectivity index (χ4v) is 3.36. The highest BCUT2D eigenvalue weighted by Gasteiger charge is 2.42. The second-order valence-electron chi connectivity index (χ2n) is 5.18. The number of hydrogen-bond donors (Lipinski definition) is 2. The van der Waals surface area contributed by atoms with Gasteiger partial charge in [0.05, 0.1) is 0 Å². The molecule has 1 aromatic heterocycles. The lowest BCUT2D eigenvalue weighted by Crippen LogP contribution is -2.22. The predicted octanol–water partition coefficient (Wildman–Crippen LogP) is 2.36. The van der Waals surface area contributed by atoms with Crippen LogP contribution in [0.2, 0.25) is 0 Å². The zero-order valence-electron chi connectivity index (χ0n) is 10.7. The van der Waals surface area contributed by atoms with Crippen molar-refractivity contribution in [2.75, 3.05) is 0 Å². The molecule has 4 nitrogen and oxygen atoms in total. The van der Waals surface area contributed by atoms with Crippen LogP contribution in [-0.4, -0.2) is 11.1 Å². The van der Waals surface area contributed by atoms with E-state index >= 15 is 0 Å². The first kappa shape index (κ1) is 13.2. The average molecular weight is 293 g/mol. The van der Waals surface area contributed by atoms with Crippen molar-refractivity contribution < 1.29 is 14.3 Å². The molecule has 1 heterocycles. The zero-order chi connectivity index (χ0) is 14.7. The maximum atomic E-state index is 14.4. The van der Waals surface area contributed by atoms with E-state index in [9.17, 15) is 14.0 Å². The molecular formula is C14H12FNO3S. The third-order valence-corrected chi connectivity index (χ3v) is 4.72. The van der Waals surface area contributed by atoms with Gasteiger partial charge in [0, 0.05) is 26.6 Å². The number of hydrogen-bond acceptors (Lipinski definition) is 4. The lowest BCUT2D eigenvalue weighted by Gasteiger charge is -2.14. The largest absolute Gasteiger partial charge is 0.478 e. The SMILES string of the molecule is Cc1c(F)c(C2(N)CC2)cc2scc(C(=O)O)c(=O)c12. The highest BCUT2D eigenvalue weighted by atomic mass is 32.1. The number of carboxylic acid groups (broad SMARTS) is 1. The Labute approximate surface area is 117 Å². The van der Waals surface area contributed by atoms with Crippen LogP contribution in [0, 0.1) is 12.7 Å². The molecule has 104 valence electrons. The van der Waals surface area contributed by atoms with E-state index in [4.69, 9.17) is 10.8 Å². The molecule has 0 bridgehead atoms. The highest BCUT2D eigenvalue weighted by Crippen LogP contribution is 2.45. The van der Waals surface area contributed by atoms with Crippen molar-refractivity contribution in [2.24, 2.45) is 5.73 Å². The number of carbonyl (C=O) groups is 1. The Balaban J connectivity index is 2.39. The quantitative estimate of drug-likeness (QED) is 0.890. The Morgan fingerprint density at radius 2 is 2.15 bits per heavy atom. The fraction of sp³-hybridized carbons (Fsp3) is 0.286. The number of aromatic carboxylic acids is 1. The molecule has 0 radical (unpaired) electrons. The molecule has 3 rings (SSSR count). The fourth-order valence-electron chi connectivity index (χ4n) is 2.36. The molecular weight excluding hydrogens is 281 g/mol. The van der Waals surface area contributed by atoms with Crippen molar-refractivity contribution in [1.29, 1.82) is 0 Å². The van der Waals surface area contributed by atoms with E-state index in [1.54, 1.807) is 6.07 Å². The first-order valence-electron chi connectivity index (χ1n) is 6.12. The lowest BCUT2D eigenvalue weighted by atomic mass is 9.99. The zero-order valence-corrected chi connectivity index (χ0v) is 11.5. The molecule has 1 aromatic carbocycles. The molecule has 1 aliphatic rings. The van der Waals surface area contributed by atoms with Crippen LogP contribution >= 0.6 is 11.3 Å². The van der Waals surface area contributed by atoms with Gasteiger partial charge in [-0.2, -0.15) is 0 Å². The molecule has 6 heteroatoms. The number of fused-ring (bicyclic) bond motifs is 1. The molecule has 20 heavy (non-hydrogen) atoms. The summed E-state index contributed by atoms with van der Waals surface area (Å²) in [6, 6.07) is 1.59. The molecule has 2 aromatic rings. The maximum Gasteiger partial charge on any atom is 0.340 e. The van der Waals surface area contributed by atoms with Gasteiger partial charge in [-0.3, -0.25) is 4.79 Å². The maximum absolute atomic E-state index is 14.4. The van der Waals surface area contributed by atoms with Gasteiger partial charge in [-0.05, 0) is 31.4 Å². The van der Waals surface area contributed by atoms with Crippen molar-refractivity contribution in [3.8, 4) is 0 Å². The summed E-state index contributed by atoms with van der Waals surface area (Å²) < 4.78 is 15.0. The average Bonchev–Trinajstić information content (AvgIpc) is 3.12. The molecule has 3 N–H and O–H groups in total. The minimum Gasteiger partial charge on any atom is -0.478 e. The number of carboxylic acids is 1. The van der Waals surface area contributed by atoms with Crippen LogP contribution in [0.25, 0.3) is 10.1 Å². The molecule has 1 aliphatic carbocycles. The molecule has 0 aliphatic heterocycles. The van der Waals surface area contributed by atoms with Gasteiger partial charge in [0.25, 0.3) is 0 Å². The molecule has 1 fully saturated rings. The number of nitrogens with two attached hydrogens (primary N) is 1.